The van der Waals surface area contributed by atoms with E-state index in [9.17, 15) is 0 Å². The lowest BCUT2D eigenvalue weighted by Gasteiger charge is -2.32. The van der Waals surface area contributed by atoms with Gasteiger partial charge >= 0.3 is 5.66 Å². The van der Waals surface area contributed by atoms with Gasteiger partial charge in [0.15, 0.2) is 5.52 Å². The molecule has 5 aromatic heterocycles. The van der Waals surface area contributed by atoms with Crippen LogP contribution < -0.4 is 9.25 Å². The first kappa shape index (κ1) is 25.5. The molecule has 8 heterocycles. The number of rotatable bonds is 1. The molecule has 3 aliphatic heterocycles. The maximum atomic E-state index is 2.55. The van der Waals surface area contributed by atoms with Crippen LogP contribution in [0.15, 0.2) is 152 Å². The van der Waals surface area contributed by atoms with Crippen molar-refractivity contribution in [2.75, 3.05) is 0 Å². The van der Waals surface area contributed by atoms with Gasteiger partial charge < -0.3 is 4.57 Å². The van der Waals surface area contributed by atoms with Crippen molar-refractivity contribution in [3.8, 4) is 28.3 Å². The lowest BCUT2D eigenvalue weighted by molar-refractivity contribution is -0.993. The minimum Gasteiger partial charge on any atom is -0.307 e. The summed E-state index contributed by atoms with van der Waals surface area (Å²) >= 11 is 1.88. The highest BCUT2D eigenvalue weighted by molar-refractivity contribution is 7.25. The average molecular weight is 668 g/mol. The van der Waals surface area contributed by atoms with Crippen molar-refractivity contribution in [1.82, 2.24) is 13.8 Å². The molecule has 0 N–H and O–H groups in total. The van der Waals surface area contributed by atoms with Gasteiger partial charge in [-0.2, -0.15) is 9.13 Å². The molecule has 6 aromatic carbocycles. The largest absolute Gasteiger partial charge is 0.394 e. The van der Waals surface area contributed by atoms with Crippen molar-refractivity contribution in [1.29, 1.82) is 0 Å². The Bertz CT molecular complexity index is 3410. The minimum atomic E-state index is -0.658. The van der Waals surface area contributed by atoms with Crippen LogP contribution in [-0.4, -0.2) is 13.8 Å². The Labute approximate surface area is 294 Å². The number of aromatic nitrogens is 5. The Hall–Kier alpha value is -6.50. The second-order valence-corrected chi connectivity index (χ2v) is 15.3. The number of hydrogen-bond acceptors (Lipinski definition) is 1. The van der Waals surface area contributed by atoms with E-state index in [-0.39, 0.29) is 0 Å². The molecule has 234 valence electrons. The fourth-order valence-corrected chi connectivity index (χ4v) is 11.3. The number of nitrogens with zero attached hydrogens (tertiary/aromatic N) is 5. The minimum absolute atomic E-state index is 0.658. The average Bonchev–Trinajstić information content (AvgIpc) is 3.99. The van der Waals surface area contributed by atoms with E-state index in [1.807, 2.05) is 11.3 Å². The Morgan fingerprint density at radius 1 is 0.510 bits per heavy atom. The zero-order chi connectivity index (χ0) is 32.7. The second kappa shape index (κ2) is 8.27. The van der Waals surface area contributed by atoms with E-state index in [0.717, 1.165) is 5.82 Å². The number of benzene rings is 6. The van der Waals surface area contributed by atoms with E-state index >= 15 is 0 Å². The third-order valence-electron chi connectivity index (χ3n) is 12.0. The lowest BCUT2D eigenvalue weighted by atomic mass is 9.82. The van der Waals surface area contributed by atoms with Crippen LogP contribution in [0.25, 0.3) is 92.1 Å². The van der Waals surface area contributed by atoms with Crippen LogP contribution in [0.2, 0.25) is 0 Å². The van der Waals surface area contributed by atoms with Crippen LogP contribution in [0.5, 0.6) is 0 Å². The van der Waals surface area contributed by atoms with E-state index in [2.05, 4.69) is 175 Å². The van der Waals surface area contributed by atoms with Gasteiger partial charge in [0.05, 0.1) is 34.7 Å². The Morgan fingerprint density at radius 3 is 2.08 bits per heavy atom. The Kier molecular flexibility index (Phi) is 4.13. The summed E-state index contributed by atoms with van der Waals surface area (Å²) in [6.45, 7) is 0. The fraction of sp³-hybridized carbons (Fsp3) is 0.0222. The lowest BCUT2D eigenvalue weighted by Crippen LogP contribution is -2.76. The summed E-state index contributed by atoms with van der Waals surface area (Å²) < 4.78 is 15.2. The van der Waals surface area contributed by atoms with Crippen LogP contribution in [0, 0.1) is 0 Å². The van der Waals surface area contributed by atoms with Crippen LogP contribution in [0.4, 0.5) is 0 Å². The summed E-state index contributed by atoms with van der Waals surface area (Å²) in [7, 11) is 0. The third-order valence-corrected chi connectivity index (χ3v) is 13.1. The maximum absolute atomic E-state index is 2.55. The van der Waals surface area contributed by atoms with Gasteiger partial charge in [-0.15, -0.1) is 16.0 Å². The number of para-hydroxylation sites is 2. The molecule has 14 rings (SSSR count). The molecule has 0 saturated heterocycles. The highest BCUT2D eigenvalue weighted by Crippen LogP contribution is 2.55. The van der Waals surface area contributed by atoms with Gasteiger partial charge in [0, 0.05) is 47.8 Å². The first-order valence-electron chi connectivity index (χ1n) is 17.5. The van der Waals surface area contributed by atoms with Crippen molar-refractivity contribution in [3.63, 3.8) is 0 Å². The molecule has 0 saturated carbocycles. The Balaban J connectivity index is 1.19. The molecule has 0 amide bonds. The maximum Gasteiger partial charge on any atom is 0.394 e. The SMILES string of the molecule is c1cc2c3c(c1)-n1cc(-c4ccc5c(c4)sc4ccccc45)c[n+]1C31c3c4c(cc5c6ccccc6n(c35)-c3cccc[n+]31)c1ccccc1n4-2. The van der Waals surface area contributed by atoms with Crippen molar-refractivity contribution in [2.24, 2.45) is 0 Å². The van der Waals surface area contributed by atoms with Crippen LogP contribution in [0.1, 0.15) is 11.1 Å². The molecule has 6 heteroatoms. The molecular formula is C45H25N5S+2. The standard InChI is InChI=1S/C45H25N5S/c1-4-13-34-28(10-1)32-23-33-29-11-2-5-14-35(29)50-40-18-7-8-21-46(40)45-41-36(15-9-16-37(41)49(34)43(32)42(45)44(33)50)47-24-27(25-48(45)47)26-19-20-31-30-12-3-6-17-38(30)51-39(31)22-26/h1-25H/q+2. The zero-order valence-electron chi connectivity index (χ0n) is 27.1. The smallest absolute Gasteiger partial charge is 0.307 e. The number of fused-ring (bicyclic) bond motifs is 14. The van der Waals surface area contributed by atoms with Crippen LogP contribution >= 0.6 is 11.3 Å². The number of pyridine rings is 1. The van der Waals surface area contributed by atoms with Crippen molar-refractivity contribution in [3.05, 3.63) is 163 Å². The Morgan fingerprint density at radius 2 is 1.22 bits per heavy atom. The van der Waals surface area contributed by atoms with Gasteiger partial charge in [-0.05, 0) is 60.2 Å². The van der Waals surface area contributed by atoms with Gasteiger partial charge in [-0.25, -0.2) is 0 Å². The molecular weight excluding hydrogens is 643 g/mol. The third kappa shape index (κ3) is 2.64. The van der Waals surface area contributed by atoms with Crippen LogP contribution in [0.3, 0.4) is 0 Å². The van der Waals surface area contributed by atoms with Crippen molar-refractivity contribution < 1.29 is 9.25 Å². The summed E-state index contributed by atoms with van der Waals surface area (Å²) in [6, 6.07) is 49.7. The van der Waals surface area contributed by atoms with E-state index in [1.165, 1.54) is 97.4 Å². The normalized spacial score (nSPS) is 16.3. The number of thiophene rings is 1. The van der Waals surface area contributed by atoms with E-state index in [1.54, 1.807) is 0 Å². The number of hydrogen-bond donors (Lipinski definition) is 0. The fourth-order valence-electron chi connectivity index (χ4n) is 10.2. The molecule has 11 aromatic rings. The second-order valence-electron chi connectivity index (χ2n) is 14.2. The van der Waals surface area contributed by atoms with Gasteiger partial charge in [-0.3, -0.25) is 0 Å². The first-order chi connectivity index (χ1) is 25.3. The molecule has 0 aliphatic carbocycles. The molecule has 1 unspecified atom stereocenters. The van der Waals surface area contributed by atoms with Gasteiger partial charge in [0.2, 0.25) is 6.20 Å². The highest BCUT2D eigenvalue weighted by Gasteiger charge is 2.68. The van der Waals surface area contributed by atoms with Crippen molar-refractivity contribution >= 4 is 75.1 Å². The molecule has 1 spiro atoms. The van der Waals surface area contributed by atoms with Gasteiger partial charge in [0.25, 0.3) is 5.82 Å². The highest BCUT2D eigenvalue weighted by atomic mass is 32.1. The molecule has 1 atom stereocenters. The van der Waals surface area contributed by atoms with Crippen LogP contribution in [-0.2, 0) is 5.66 Å². The zero-order valence-corrected chi connectivity index (χ0v) is 27.9. The predicted molar refractivity (Wildman–Crippen MR) is 205 cm³/mol. The topological polar surface area (TPSA) is 22.5 Å². The molecule has 0 radical (unpaired) electrons. The van der Waals surface area contributed by atoms with E-state index in [4.69, 9.17) is 0 Å². The summed E-state index contributed by atoms with van der Waals surface area (Å²) in [5.74, 6) is 1.16. The monoisotopic (exact) mass is 667 g/mol. The summed E-state index contributed by atoms with van der Waals surface area (Å²) in [5.41, 5.74) is 11.9. The molecule has 0 bridgehead atoms. The summed E-state index contributed by atoms with van der Waals surface area (Å²) in [5, 5.41) is 7.82. The predicted octanol–water partition coefficient (Wildman–Crippen LogP) is 9.52. The van der Waals surface area contributed by atoms with Crippen molar-refractivity contribution in [2.45, 2.75) is 5.66 Å². The van der Waals surface area contributed by atoms with E-state index in [0.29, 0.717) is 0 Å². The quantitative estimate of drug-likeness (QED) is 0.156. The van der Waals surface area contributed by atoms with Gasteiger partial charge in [-0.1, -0.05) is 77.5 Å². The summed E-state index contributed by atoms with van der Waals surface area (Å²) in [6.07, 6.45) is 7.06. The summed E-state index contributed by atoms with van der Waals surface area (Å²) in [4.78, 5) is 0. The first-order valence-corrected chi connectivity index (χ1v) is 18.3. The van der Waals surface area contributed by atoms with E-state index < -0.39 is 5.66 Å². The molecule has 51 heavy (non-hydrogen) atoms. The molecule has 5 nitrogen and oxygen atoms in total. The molecule has 3 aliphatic rings. The van der Waals surface area contributed by atoms with Gasteiger partial charge in [0.1, 0.15) is 22.3 Å². The molecule has 0 fully saturated rings.